The molecule has 0 unspecified atom stereocenters. The zero-order valence-corrected chi connectivity index (χ0v) is 12.2. The molecule has 0 bridgehead atoms. The molecule has 0 spiro atoms. The number of aryl methyl sites for hydroxylation is 2. The molecule has 2 heteroatoms. The summed E-state index contributed by atoms with van der Waals surface area (Å²) in [6, 6.07) is 6.35. The Balaban J connectivity index is 3.17. The van der Waals surface area contributed by atoms with Crippen molar-refractivity contribution >= 4 is 10.6 Å². The van der Waals surface area contributed by atoms with Crippen LogP contribution in [-0.4, -0.2) is 10.6 Å². The molecule has 0 heterocycles. The van der Waals surface area contributed by atoms with E-state index in [9.17, 15) is 0 Å². The van der Waals surface area contributed by atoms with Crippen molar-refractivity contribution in [3.8, 4) is 0 Å². The Kier molecular flexibility index (Phi) is 4.35. The molecule has 0 fully saturated rings. The van der Waals surface area contributed by atoms with Gasteiger partial charge in [0.2, 0.25) is 0 Å². The van der Waals surface area contributed by atoms with E-state index in [1.54, 1.807) is 0 Å². The quantitative estimate of drug-likeness (QED) is 0.575. The first-order valence-corrected chi connectivity index (χ1v) is 6.22. The van der Waals surface area contributed by atoms with Crippen molar-refractivity contribution in [3.05, 3.63) is 46.7 Å². The molecule has 78 valence electrons. The first-order valence-electron chi connectivity index (χ1n) is 4.76. The van der Waals surface area contributed by atoms with Crippen molar-refractivity contribution in [3.63, 3.8) is 0 Å². The van der Waals surface area contributed by atoms with Crippen molar-refractivity contribution in [1.29, 1.82) is 0 Å². The van der Waals surface area contributed by atoms with Crippen LogP contribution in [0.3, 0.4) is 0 Å². The molecular weight excluding hydrogens is 354 g/mol. The number of rotatable bonds is 3. The number of hydrogen-bond donors (Lipinski definition) is 0. The van der Waals surface area contributed by atoms with Crippen LogP contribution in [0, 0.1) is 13.8 Å². The maximum absolute atomic E-state index is 5.23. The standard InChI is InChI=1S/C13H14N.W/c1-10-6-5-7-11(2)13(10)9-8-12(3)14-4;/h4-8H,1-3H3;/q-1;/b12-8-;. The fourth-order valence-corrected chi connectivity index (χ4v) is 3.27. The Labute approximate surface area is 102 Å². The molecule has 0 saturated carbocycles. The van der Waals surface area contributed by atoms with Crippen LogP contribution in [0.15, 0.2) is 35.0 Å². The third-order valence-electron chi connectivity index (χ3n) is 2.27. The molecule has 1 aromatic rings. The van der Waals surface area contributed by atoms with Gasteiger partial charge in [0.05, 0.1) is 0 Å². The second-order valence-corrected chi connectivity index (χ2v) is 5.13. The van der Waals surface area contributed by atoms with Gasteiger partial charge in [-0.1, -0.05) is 0 Å². The second-order valence-electron chi connectivity index (χ2n) is 3.55. The SMILES string of the molecule is [CH-]=N/C(C)=C\[C](=[W])c1c(C)cccc1C. The van der Waals surface area contributed by atoms with E-state index < -0.39 is 0 Å². The van der Waals surface area contributed by atoms with Crippen LogP contribution < -0.4 is 0 Å². The van der Waals surface area contributed by atoms with Crippen molar-refractivity contribution in [2.24, 2.45) is 4.99 Å². The number of benzene rings is 1. The molecule has 0 saturated heterocycles. The summed E-state index contributed by atoms with van der Waals surface area (Å²) < 4.78 is 1.29. The number of aliphatic imine (C=N–C) groups is 1. The van der Waals surface area contributed by atoms with E-state index >= 15 is 0 Å². The van der Waals surface area contributed by atoms with Gasteiger partial charge in [0.1, 0.15) is 0 Å². The molecule has 0 atom stereocenters. The molecule has 0 radical (unpaired) electrons. The minimum absolute atomic E-state index is 0.864. The van der Waals surface area contributed by atoms with Gasteiger partial charge in [-0.3, -0.25) is 0 Å². The van der Waals surface area contributed by atoms with E-state index in [1.807, 2.05) is 13.0 Å². The molecular formula is C13H14NW-. The van der Waals surface area contributed by atoms with Crippen LogP contribution in [0.5, 0.6) is 0 Å². The molecule has 0 aliphatic carbocycles. The molecule has 1 aromatic carbocycles. The minimum atomic E-state index is 0.864. The van der Waals surface area contributed by atoms with Crippen molar-refractivity contribution in [2.45, 2.75) is 20.8 Å². The summed E-state index contributed by atoms with van der Waals surface area (Å²) in [5.74, 6) is 0. The van der Waals surface area contributed by atoms with Crippen LogP contribution in [0.4, 0.5) is 0 Å². The van der Waals surface area contributed by atoms with Gasteiger partial charge >= 0.3 is 102 Å². The molecule has 0 N–H and O–H groups in total. The zero-order valence-electron chi connectivity index (χ0n) is 9.24. The first kappa shape index (κ1) is 12.3. The van der Waals surface area contributed by atoms with Crippen molar-refractivity contribution in [1.82, 2.24) is 0 Å². The summed E-state index contributed by atoms with van der Waals surface area (Å²) >= 11 is 1.44. The molecule has 0 aromatic heterocycles. The molecule has 0 aliphatic rings. The molecule has 15 heavy (non-hydrogen) atoms. The van der Waals surface area contributed by atoms with Crippen LogP contribution in [0.25, 0.3) is 0 Å². The normalized spacial score (nSPS) is 11.3. The Bertz CT molecular complexity index is 410. The molecule has 0 aliphatic heterocycles. The van der Waals surface area contributed by atoms with E-state index in [-0.39, 0.29) is 0 Å². The molecule has 0 amide bonds. The fraction of sp³-hybridized carbons (Fsp3) is 0.231. The van der Waals surface area contributed by atoms with Gasteiger partial charge in [-0.05, 0) is 0 Å². The third kappa shape index (κ3) is 3.07. The first-order chi connectivity index (χ1) is 7.06. The van der Waals surface area contributed by atoms with Gasteiger partial charge < -0.3 is 0 Å². The zero-order chi connectivity index (χ0) is 11.4. The Morgan fingerprint density at radius 2 is 1.87 bits per heavy atom. The van der Waals surface area contributed by atoms with Crippen LogP contribution >= 0.6 is 0 Å². The average Bonchev–Trinajstić information content (AvgIpc) is 2.17. The predicted octanol–water partition coefficient (Wildman–Crippen LogP) is 2.85. The summed E-state index contributed by atoms with van der Waals surface area (Å²) in [7, 11) is 0. The summed E-state index contributed by atoms with van der Waals surface area (Å²) in [6.45, 7) is 11.4. The number of hydrogen-bond acceptors (Lipinski definition) is 1. The molecule has 1 rings (SSSR count). The van der Waals surface area contributed by atoms with E-state index in [2.05, 4.69) is 37.0 Å². The third-order valence-corrected chi connectivity index (χ3v) is 3.43. The van der Waals surface area contributed by atoms with Crippen LogP contribution in [0.2, 0.25) is 0 Å². The van der Waals surface area contributed by atoms with E-state index in [4.69, 9.17) is 6.72 Å². The Morgan fingerprint density at radius 1 is 1.33 bits per heavy atom. The monoisotopic (exact) mass is 368 g/mol. The van der Waals surface area contributed by atoms with Crippen LogP contribution in [-0.2, 0) is 19.4 Å². The fourth-order valence-electron chi connectivity index (χ4n) is 1.50. The Morgan fingerprint density at radius 3 is 2.33 bits per heavy atom. The van der Waals surface area contributed by atoms with Crippen molar-refractivity contribution in [2.75, 3.05) is 0 Å². The average molecular weight is 368 g/mol. The van der Waals surface area contributed by atoms with Gasteiger partial charge in [0, 0.05) is 0 Å². The second kappa shape index (κ2) is 5.32. The maximum atomic E-state index is 5.23. The van der Waals surface area contributed by atoms with E-state index in [0.29, 0.717) is 0 Å². The van der Waals surface area contributed by atoms with Gasteiger partial charge in [-0.25, -0.2) is 0 Å². The predicted molar refractivity (Wildman–Crippen MR) is 62.3 cm³/mol. The van der Waals surface area contributed by atoms with Crippen LogP contribution in [0.1, 0.15) is 23.6 Å². The van der Waals surface area contributed by atoms with Gasteiger partial charge in [0.25, 0.3) is 0 Å². The summed E-state index contributed by atoms with van der Waals surface area (Å²) in [6.07, 6.45) is 2.05. The number of allylic oxidation sites excluding steroid dienone is 2. The summed E-state index contributed by atoms with van der Waals surface area (Å²) in [5.41, 5.74) is 4.81. The van der Waals surface area contributed by atoms with Gasteiger partial charge in [-0.15, -0.1) is 0 Å². The number of nitrogens with zero attached hydrogens (tertiary/aromatic N) is 1. The Hall–Kier alpha value is -0.812. The van der Waals surface area contributed by atoms with E-state index in [1.165, 1.54) is 39.9 Å². The summed E-state index contributed by atoms with van der Waals surface area (Å²) in [5, 5.41) is 0. The van der Waals surface area contributed by atoms with E-state index in [0.717, 1.165) is 5.70 Å². The van der Waals surface area contributed by atoms with Gasteiger partial charge in [-0.2, -0.15) is 0 Å². The van der Waals surface area contributed by atoms with Gasteiger partial charge in [0.15, 0.2) is 0 Å². The summed E-state index contributed by atoms with van der Waals surface area (Å²) in [4.78, 5) is 3.67. The van der Waals surface area contributed by atoms with Crippen molar-refractivity contribution < 1.29 is 19.4 Å². The topological polar surface area (TPSA) is 12.4 Å². The molecule has 1 nitrogen and oxygen atoms in total.